The molecule has 7 heteroatoms. The molecule has 0 spiro atoms. The Kier molecular flexibility index (Phi) is 4.32. The monoisotopic (exact) mass is 302 g/mol. The van der Waals surface area contributed by atoms with Gasteiger partial charge in [-0.15, -0.1) is 11.8 Å². The number of rotatable bonds is 5. The SMILES string of the molecule is CCC(CO)(CO)NC(=O)C1CSC2(C)CCC(=O)N12. The minimum absolute atomic E-state index is 0.00717. The van der Waals surface area contributed by atoms with E-state index in [0.29, 0.717) is 18.6 Å². The number of aliphatic hydroxyl groups is 2. The Morgan fingerprint density at radius 1 is 1.55 bits per heavy atom. The number of hydrogen-bond acceptors (Lipinski definition) is 5. The lowest BCUT2D eigenvalue weighted by atomic mass is 9.98. The number of nitrogens with zero attached hydrogens (tertiary/aromatic N) is 1. The molecule has 2 unspecified atom stereocenters. The van der Waals surface area contributed by atoms with Gasteiger partial charge in [-0.2, -0.15) is 0 Å². The molecule has 2 fully saturated rings. The third-order valence-electron chi connectivity index (χ3n) is 4.42. The quantitative estimate of drug-likeness (QED) is 0.648. The molecule has 6 nitrogen and oxygen atoms in total. The fourth-order valence-corrected chi connectivity index (χ4v) is 4.23. The average Bonchev–Trinajstić information content (AvgIpc) is 2.93. The van der Waals surface area contributed by atoms with E-state index >= 15 is 0 Å². The zero-order valence-corrected chi connectivity index (χ0v) is 12.7. The molecular formula is C13H22N2O4S. The van der Waals surface area contributed by atoms with Crippen molar-refractivity contribution >= 4 is 23.6 Å². The first-order valence-electron chi connectivity index (χ1n) is 6.91. The fraction of sp³-hybridized carbons (Fsp3) is 0.846. The standard InChI is InChI=1S/C13H22N2O4S/c1-3-13(7-16,8-17)14-11(19)9-6-20-12(2)5-4-10(18)15(9)12/h9,16-17H,3-8H2,1-2H3,(H,14,19). The molecule has 0 aromatic rings. The van der Waals surface area contributed by atoms with Crippen LogP contribution in [0.2, 0.25) is 0 Å². The molecule has 2 atom stereocenters. The summed E-state index contributed by atoms with van der Waals surface area (Å²) >= 11 is 1.62. The molecule has 0 saturated carbocycles. The molecule has 3 N–H and O–H groups in total. The Labute approximate surface area is 122 Å². The van der Waals surface area contributed by atoms with Gasteiger partial charge in [-0.25, -0.2) is 0 Å². The van der Waals surface area contributed by atoms with Gasteiger partial charge < -0.3 is 20.4 Å². The summed E-state index contributed by atoms with van der Waals surface area (Å²) in [5.41, 5.74) is -1.01. The maximum atomic E-state index is 12.4. The highest BCUT2D eigenvalue weighted by molar-refractivity contribution is 8.01. The van der Waals surface area contributed by atoms with E-state index in [1.807, 2.05) is 6.92 Å². The van der Waals surface area contributed by atoms with E-state index in [-0.39, 0.29) is 29.9 Å². The van der Waals surface area contributed by atoms with Gasteiger partial charge in [-0.1, -0.05) is 6.92 Å². The van der Waals surface area contributed by atoms with E-state index in [9.17, 15) is 19.8 Å². The maximum absolute atomic E-state index is 12.4. The van der Waals surface area contributed by atoms with Crippen LogP contribution in [0.1, 0.15) is 33.1 Å². The first-order valence-corrected chi connectivity index (χ1v) is 7.90. The largest absolute Gasteiger partial charge is 0.394 e. The van der Waals surface area contributed by atoms with Gasteiger partial charge >= 0.3 is 0 Å². The summed E-state index contributed by atoms with van der Waals surface area (Å²) in [5, 5.41) is 21.5. The van der Waals surface area contributed by atoms with E-state index in [2.05, 4.69) is 5.32 Å². The molecule has 2 amide bonds. The van der Waals surface area contributed by atoms with Crippen LogP contribution in [0.25, 0.3) is 0 Å². The lowest BCUT2D eigenvalue weighted by Crippen LogP contribution is -2.59. The second kappa shape index (κ2) is 5.54. The number of aliphatic hydroxyl groups excluding tert-OH is 2. The van der Waals surface area contributed by atoms with Crippen molar-refractivity contribution in [1.29, 1.82) is 0 Å². The molecule has 0 radical (unpaired) electrons. The van der Waals surface area contributed by atoms with Crippen LogP contribution in [0.15, 0.2) is 0 Å². The van der Waals surface area contributed by atoms with Gasteiger partial charge in [-0.3, -0.25) is 9.59 Å². The number of carbonyl (C=O) groups excluding carboxylic acids is 2. The van der Waals surface area contributed by atoms with Gasteiger partial charge in [0.2, 0.25) is 11.8 Å². The lowest BCUT2D eigenvalue weighted by Gasteiger charge is -2.34. The number of amides is 2. The van der Waals surface area contributed by atoms with E-state index in [4.69, 9.17) is 0 Å². The van der Waals surface area contributed by atoms with Crippen LogP contribution in [-0.2, 0) is 9.59 Å². The van der Waals surface area contributed by atoms with Crippen LogP contribution in [0.4, 0.5) is 0 Å². The van der Waals surface area contributed by atoms with Crippen LogP contribution in [0, 0.1) is 0 Å². The molecule has 2 saturated heterocycles. The predicted octanol–water partition coefficient (Wildman–Crippen LogP) is -0.310. The third-order valence-corrected chi connectivity index (χ3v) is 5.92. The maximum Gasteiger partial charge on any atom is 0.244 e. The number of carbonyl (C=O) groups is 2. The van der Waals surface area contributed by atoms with E-state index in [1.165, 1.54) is 0 Å². The molecule has 2 heterocycles. The predicted molar refractivity (Wildman–Crippen MR) is 76.1 cm³/mol. The van der Waals surface area contributed by atoms with Gasteiger partial charge in [0, 0.05) is 12.2 Å². The Bertz CT molecular complexity index is 405. The van der Waals surface area contributed by atoms with Crippen molar-refractivity contribution in [2.45, 2.75) is 49.6 Å². The van der Waals surface area contributed by atoms with Gasteiger partial charge in [-0.05, 0) is 19.8 Å². The zero-order chi connectivity index (χ0) is 15.0. The summed E-state index contributed by atoms with van der Waals surface area (Å²) in [6.07, 6.45) is 1.67. The summed E-state index contributed by atoms with van der Waals surface area (Å²) in [6, 6.07) is -0.510. The topological polar surface area (TPSA) is 89.9 Å². The first kappa shape index (κ1) is 15.6. The third kappa shape index (κ3) is 2.42. The highest BCUT2D eigenvalue weighted by atomic mass is 32.2. The second-order valence-electron chi connectivity index (χ2n) is 5.70. The van der Waals surface area contributed by atoms with Gasteiger partial charge in [0.15, 0.2) is 0 Å². The molecule has 0 aliphatic carbocycles. The Morgan fingerprint density at radius 2 is 2.20 bits per heavy atom. The number of nitrogens with one attached hydrogen (secondary N) is 1. The summed E-state index contributed by atoms with van der Waals surface area (Å²) in [5.74, 6) is 0.277. The van der Waals surface area contributed by atoms with Crippen molar-refractivity contribution in [2.24, 2.45) is 0 Å². The van der Waals surface area contributed by atoms with Crippen LogP contribution in [-0.4, -0.2) is 62.3 Å². The van der Waals surface area contributed by atoms with E-state index in [1.54, 1.807) is 23.6 Å². The molecule has 0 aromatic carbocycles. The van der Waals surface area contributed by atoms with Crippen molar-refractivity contribution in [1.82, 2.24) is 10.2 Å². The minimum atomic E-state index is -1.01. The summed E-state index contributed by atoms with van der Waals surface area (Å²) in [4.78, 5) is 25.8. The highest BCUT2D eigenvalue weighted by Gasteiger charge is 2.53. The Hall–Kier alpha value is -0.790. The van der Waals surface area contributed by atoms with Crippen molar-refractivity contribution in [3.8, 4) is 0 Å². The molecule has 114 valence electrons. The van der Waals surface area contributed by atoms with Gasteiger partial charge in [0.1, 0.15) is 6.04 Å². The molecule has 2 aliphatic rings. The van der Waals surface area contributed by atoms with Crippen molar-refractivity contribution in [3.63, 3.8) is 0 Å². The van der Waals surface area contributed by atoms with Gasteiger partial charge in [0.25, 0.3) is 0 Å². The van der Waals surface area contributed by atoms with E-state index < -0.39 is 11.6 Å². The number of thioether (sulfide) groups is 1. The van der Waals surface area contributed by atoms with Crippen LogP contribution >= 0.6 is 11.8 Å². The first-order chi connectivity index (χ1) is 9.41. The number of fused-ring (bicyclic) bond motifs is 1. The second-order valence-corrected chi connectivity index (χ2v) is 7.21. The van der Waals surface area contributed by atoms with Gasteiger partial charge in [0.05, 0.1) is 23.6 Å². The fourth-order valence-electron chi connectivity index (χ4n) is 2.80. The molecule has 0 aromatic heterocycles. The zero-order valence-electron chi connectivity index (χ0n) is 11.9. The Balaban J connectivity index is 2.12. The smallest absolute Gasteiger partial charge is 0.244 e. The lowest BCUT2D eigenvalue weighted by molar-refractivity contribution is -0.139. The highest BCUT2D eigenvalue weighted by Crippen LogP contribution is 2.47. The minimum Gasteiger partial charge on any atom is -0.394 e. The van der Waals surface area contributed by atoms with Crippen LogP contribution < -0.4 is 5.32 Å². The normalized spacial score (nSPS) is 29.7. The average molecular weight is 302 g/mol. The van der Waals surface area contributed by atoms with Crippen LogP contribution in [0.5, 0.6) is 0 Å². The van der Waals surface area contributed by atoms with Crippen molar-refractivity contribution in [3.05, 3.63) is 0 Å². The molecule has 20 heavy (non-hydrogen) atoms. The molecule has 2 aliphatic heterocycles. The van der Waals surface area contributed by atoms with Crippen LogP contribution in [0.3, 0.4) is 0 Å². The summed E-state index contributed by atoms with van der Waals surface area (Å²) in [6.45, 7) is 3.13. The summed E-state index contributed by atoms with van der Waals surface area (Å²) < 4.78 is 0. The number of hydrogen-bond donors (Lipinski definition) is 3. The van der Waals surface area contributed by atoms with E-state index in [0.717, 1.165) is 6.42 Å². The molecule has 2 rings (SSSR count). The molecular weight excluding hydrogens is 280 g/mol. The van der Waals surface area contributed by atoms with Crippen molar-refractivity contribution < 1.29 is 19.8 Å². The van der Waals surface area contributed by atoms with Crippen molar-refractivity contribution in [2.75, 3.05) is 19.0 Å². The molecule has 0 bridgehead atoms. The Morgan fingerprint density at radius 3 is 2.75 bits per heavy atom. The summed E-state index contributed by atoms with van der Waals surface area (Å²) in [7, 11) is 0.